The van der Waals surface area contributed by atoms with Crippen molar-refractivity contribution in [3.63, 3.8) is 0 Å². The zero-order chi connectivity index (χ0) is 10.1. The molecule has 0 saturated heterocycles. The average Bonchev–Trinajstić information content (AvgIpc) is 2.04. The van der Waals surface area contributed by atoms with Gasteiger partial charge in [0.1, 0.15) is 12.5 Å². The first-order valence-electron chi connectivity index (χ1n) is 4.30. The van der Waals surface area contributed by atoms with Gasteiger partial charge in [0.2, 0.25) is 0 Å². The highest BCUT2D eigenvalue weighted by molar-refractivity contribution is 7.01. The van der Waals surface area contributed by atoms with Gasteiger partial charge < -0.3 is 0 Å². The molecule has 0 heterocycles. The predicted molar refractivity (Wildman–Crippen MR) is 63.8 cm³/mol. The van der Waals surface area contributed by atoms with Gasteiger partial charge in [-0.1, -0.05) is 48.1 Å². The molecule has 13 heavy (non-hydrogen) atoms. The van der Waals surface area contributed by atoms with E-state index >= 15 is 0 Å². The lowest BCUT2D eigenvalue weighted by Crippen LogP contribution is -2.47. The fourth-order valence-electron chi connectivity index (χ4n) is 1.11. The largest absolute Gasteiger partial charge is 0.118 e. The van der Waals surface area contributed by atoms with Crippen LogP contribution in [0.25, 0.3) is 0 Å². The SMILES string of the molecule is Cc1ccc([Si](C)(C)C(Cl)Cl)cc1. The average molecular weight is 233 g/mol. The second-order valence-corrected chi connectivity index (χ2v) is 10.3. The molecule has 0 spiro atoms. The summed E-state index contributed by atoms with van der Waals surface area (Å²) >= 11 is 11.9. The molecule has 0 N–H and O–H groups in total. The lowest BCUT2D eigenvalue weighted by Gasteiger charge is -2.23. The second kappa shape index (κ2) is 4.03. The number of hydrogen-bond acceptors (Lipinski definition) is 0. The minimum absolute atomic E-state index is 0.241. The first-order valence-corrected chi connectivity index (χ1v) is 8.25. The zero-order valence-electron chi connectivity index (χ0n) is 8.14. The van der Waals surface area contributed by atoms with Gasteiger partial charge in [-0.15, -0.1) is 23.2 Å². The van der Waals surface area contributed by atoms with Crippen molar-refractivity contribution in [1.82, 2.24) is 0 Å². The normalized spacial score (nSPS) is 12.2. The van der Waals surface area contributed by atoms with Crippen LogP contribution in [0, 0.1) is 6.92 Å². The Balaban J connectivity index is 3.01. The number of rotatable bonds is 2. The number of alkyl halides is 2. The van der Waals surface area contributed by atoms with Gasteiger partial charge in [-0.3, -0.25) is 0 Å². The van der Waals surface area contributed by atoms with Crippen molar-refractivity contribution in [3.8, 4) is 0 Å². The van der Waals surface area contributed by atoms with Gasteiger partial charge in [-0.2, -0.15) is 0 Å². The van der Waals surface area contributed by atoms with Crippen LogP contribution in [-0.4, -0.2) is 12.5 Å². The molecule has 0 amide bonds. The van der Waals surface area contributed by atoms with Crippen LogP contribution in [0.4, 0.5) is 0 Å². The second-order valence-electron chi connectivity index (χ2n) is 3.89. The van der Waals surface area contributed by atoms with Crippen molar-refractivity contribution >= 4 is 36.5 Å². The van der Waals surface area contributed by atoms with Gasteiger partial charge in [0.25, 0.3) is 0 Å². The fraction of sp³-hybridized carbons (Fsp3) is 0.400. The van der Waals surface area contributed by atoms with E-state index in [1.165, 1.54) is 10.8 Å². The minimum atomic E-state index is -1.65. The monoisotopic (exact) mass is 232 g/mol. The molecule has 0 fully saturated rings. The lowest BCUT2D eigenvalue weighted by atomic mass is 10.2. The quantitative estimate of drug-likeness (QED) is 0.543. The summed E-state index contributed by atoms with van der Waals surface area (Å²) in [4.78, 5) is 0. The standard InChI is InChI=1S/C10H14Cl2Si/c1-8-4-6-9(7-5-8)13(2,3)10(11)12/h4-7,10H,1-3H3. The van der Waals surface area contributed by atoms with Crippen LogP contribution in [0.15, 0.2) is 24.3 Å². The van der Waals surface area contributed by atoms with Crippen LogP contribution in [0.5, 0.6) is 0 Å². The van der Waals surface area contributed by atoms with E-state index in [4.69, 9.17) is 23.2 Å². The molecule has 0 saturated carbocycles. The van der Waals surface area contributed by atoms with Gasteiger partial charge in [0.05, 0.1) is 0 Å². The highest BCUT2D eigenvalue weighted by atomic mass is 35.5. The van der Waals surface area contributed by atoms with Crippen molar-refractivity contribution in [2.24, 2.45) is 0 Å². The summed E-state index contributed by atoms with van der Waals surface area (Å²) in [5, 5.41) is 1.31. The maximum atomic E-state index is 5.97. The Bertz CT molecular complexity index is 277. The van der Waals surface area contributed by atoms with E-state index < -0.39 is 8.07 Å². The van der Waals surface area contributed by atoms with Gasteiger partial charge in [0.15, 0.2) is 0 Å². The Morgan fingerprint density at radius 3 is 1.92 bits per heavy atom. The highest BCUT2D eigenvalue weighted by Gasteiger charge is 2.30. The van der Waals surface area contributed by atoms with Crippen molar-refractivity contribution in [1.29, 1.82) is 0 Å². The van der Waals surface area contributed by atoms with Gasteiger partial charge in [-0.05, 0) is 6.92 Å². The topological polar surface area (TPSA) is 0 Å². The third kappa shape index (κ3) is 2.49. The Kier molecular flexibility index (Phi) is 3.44. The fourth-order valence-corrected chi connectivity index (χ4v) is 3.14. The number of aryl methyl sites for hydroxylation is 1. The number of halogens is 2. The van der Waals surface area contributed by atoms with Gasteiger partial charge >= 0.3 is 0 Å². The summed E-state index contributed by atoms with van der Waals surface area (Å²) in [5.74, 6) is 0. The summed E-state index contributed by atoms with van der Waals surface area (Å²) in [6.07, 6.45) is 0. The molecule has 0 bridgehead atoms. The molecule has 0 aromatic heterocycles. The molecule has 72 valence electrons. The van der Waals surface area contributed by atoms with Crippen molar-refractivity contribution in [3.05, 3.63) is 29.8 Å². The number of hydrogen-bond donors (Lipinski definition) is 0. The first kappa shape index (κ1) is 11.1. The molecule has 0 aliphatic carbocycles. The first-order chi connectivity index (χ1) is 5.94. The molecule has 0 atom stereocenters. The minimum Gasteiger partial charge on any atom is -0.109 e. The molecule has 0 nitrogen and oxygen atoms in total. The van der Waals surface area contributed by atoms with E-state index in [1.807, 2.05) is 0 Å². The molecule has 1 aromatic carbocycles. The Hall–Kier alpha value is 0.0169. The van der Waals surface area contributed by atoms with Crippen molar-refractivity contribution in [2.45, 2.75) is 24.5 Å². The van der Waals surface area contributed by atoms with E-state index in [9.17, 15) is 0 Å². The molecular weight excluding hydrogens is 219 g/mol. The maximum Gasteiger partial charge on any atom is 0.118 e. The zero-order valence-corrected chi connectivity index (χ0v) is 10.7. The van der Waals surface area contributed by atoms with E-state index in [0.29, 0.717) is 0 Å². The van der Waals surface area contributed by atoms with Crippen LogP contribution < -0.4 is 5.19 Å². The maximum absolute atomic E-state index is 5.97. The molecule has 0 radical (unpaired) electrons. The summed E-state index contributed by atoms with van der Waals surface area (Å²) in [6.45, 7) is 6.45. The Morgan fingerprint density at radius 2 is 1.54 bits per heavy atom. The molecule has 0 aliphatic rings. The summed E-state index contributed by atoms with van der Waals surface area (Å²) in [7, 11) is -1.65. The van der Waals surface area contributed by atoms with Crippen LogP contribution in [0.3, 0.4) is 0 Å². The molecular formula is C10H14Cl2Si. The van der Waals surface area contributed by atoms with Crippen LogP contribution >= 0.6 is 23.2 Å². The smallest absolute Gasteiger partial charge is 0.109 e. The highest BCUT2D eigenvalue weighted by Crippen LogP contribution is 2.18. The molecule has 1 aromatic rings. The third-order valence-corrected chi connectivity index (χ3v) is 8.53. The molecule has 1 rings (SSSR count). The van der Waals surface area contributed by atoms with E-state index in [1.54, 1.807) is 0 Å². The summed E-state index contributed by atoms with van der Waals surface area (Å²) < 4.78 is -0.241. The van der Waals surface area contributed by atoms with E-state index in [0.717, 1.165) is 0 Å². The Morgan fingerprint density at radius 1 is 1.08 bits per heavy atom. The summed E-state index contributed by atoms with van der Waals surface area (Å²) in [6, 6.07) is 8.50. The Labute approximate surface area is 90.9 Å². The summed E-state index contributed by atoms with van der Waals surface area (Å²) in [5.41, 5.74) is 1.27. The molecule has 0 unspecified atom stereocenters. The third-order valence-electron chi connectivity index (χ3n) is 2.34. The van der Waals surface area contributed by atoms with E-state index in [2.05, 4.69) is 44.3 Å². The van der Waals surface area contributed by atoms with Crippen LogP contribution in [0.1, 0.15) is 5.56 Å². The van der Waals surface area contributed by atoms with Crippen LogP contribution in [-0.2, 0) is 0 Å². The predicted octanol–water partition coefficient (Wildman–Crippen LogP) is 3.25. The number of benzene rings is 1. The van der Waals surface area contributed by atoms with Gasteiger partial charge in [-0.25, -0.2) is 0 Å². The molecule has 0 aliphatic heterocycles. The lowest BCUT2D eigenvalue weighted by molar-refractivity contribution is 1.47. The van der Waals surface area contributed by atoms with Crippen LogP contribution in [0.2, 0.25) is 13.1 Å². The van der Waals surface area contributed by atoms with Crippen molar-refractivity contribution < 1.29 is 0 Å². The van der Waals surface area contributed by atoms with Gasteiger partial charge in [0, 0.05) is 0 Å². The molecule has 3 heteroatoms. The van der Waals surface area contributed by atoms with E-state index in [-0.39, 0.29) is 4.46 Å². The van der Waals surface area contributed by atoms with Crippen molar-refractivity contribution in [2.75, 3.05) is 0 Å².